The molecule has 19 heavy (non-hydrogen) atoms. The summed E-state index contributed by atoms with van der Waals surface area (Å²) in [5, 5.41) is 16.3. The molecule has 0 radical (unpaired) electrons. The number of hydrogen-bond acceptors (Lipinski definition) is 4. The van der Waals surface area contributed by atoms with E-state index in [1.54, 1.807) is 23.9 Å². The summed E-state index contributed by atoms with van der Waals surface area (Å²) < 4.78 is 0. The largest absolute Gasteiger partial charge is 0.508 e. The smallest absolute Gasteiger partial charge is 0.230 e. The molecule has 1 fully saturated rings. The lowest BCUT2D eigenvalue weighted by atomic mass is 10.2. The average molecular weight is 280 g/mol. The molecule has 0 unspecified atom stereocenters. The summed E-state index contributed by atoms with van der Waals surface area (Å²) in [7, 11) is 0. The second-order valence-corrected chi connectivity index (χ2v) is 5.95. The van der Waals surface area contributed by atoms with Crippen LogP contribution in [0.4, 0.5) is 0 Å². The van der Waals surface area contributed by atoms with E-state index < -0.39 is 0 Å². The Balaban J connectivity index is 1.68. The fourth-order valence-electron chi connectivity index (χ4n) is 2.06. The van der Waals surface area contributed by atoms with Crippen LogP contribution in [0, 0.1) is 0 Å². The van der Waals surface area contributed by atoms with Crippen molar-refractivity contribution in [1.82, 2.24) is 10.6 Å². The third-order valence-corrected chi connectivity index (χ3v) is 4.58. The average Bonchev–Trinajstić information content (AvgIpc) is 2.45. The van der Waals surface area contributed by atoms with Crippen LogP contribution in [-0.4, -0.2) is 35.1 Å². The molecule has 0 aromatic heterocycles. The number of para-hydroxylation sites is 1. The van der Waals surface area contributed by atoms with Crippen LogP contribution in [0.25, 0.3) is 0 Å². The predicted molar refractivity (Wildman–Crippen MR) is 78.3 cm³/mol. The maximum absolute atomic E-state index is 11.7. The molecular formula is C14H20N2O2S. The van der Waals surface area contributed by atoms with Crippen LogP contribution in [0.15, 0.2) is 24.3 Å². The molecule has 2 rings (SSSR count). The fraction of sp³-hybridized carbons (Fsp3) is 0.500. The first kappa shape index (κ1) is 14.2. The zero-order valence-corrected chi connectivity index (χ0v) is 11.7. The maximum atomic E-state index is 11.7. The van der Waals surface area contributed by atoms with E-state index in [9.17, 15) is 9.90 Å². The third kappa shape index (κ3) is 4.76. The van der Waals surface area contributed by atoms with Crippen molar-refractivity contribution in [2.24, 2.45) is 0 Å². The Morgan fingerprint density at radius 2 is 2.11 bits per heavy atom. The van der Waals surface area contributed by atoms with Gasteiger partial charge in [-0.05, 0) is 32.0 Å². The van der Waals surface area contributed by atoms with Gasteiger partial charge in [-0.15, -0.1) is 11.8 Å². The highest BCUT2D eigenvalue weighted by Gasteiger charge is 2.14. The minimum Gasteiger partial charge on any atom is -0.508 e. The summed E-state index contributed by atoms with van der Waals surface area (Å²) >= 11 is 1.73. The zero-order chi connectivity index (χ0) is 13.5. The molecule has 0 saturated carbocycles. The van der Waals surface area contributed by atoms with Gasteiger partial charge in [0.15, 0.2) is 0 Å². The SMILES string of the molecule is O=C(CSC1CCNCC1)NCc1ccccc1O. The summed E-state index contributed by atoms with van der Waals surface area (Å²) in [5.41, 5.74) is 0.753. The normalized spacial score (nSPS) is 16.2. The van der Waals surface area contributed by atoms with Crippen LogP contribution in [0.2, 0.25) is 0 Å². The molecule has 1 amide bonds. The number of thioether (sulfide) groups is 1. The van der Waals surface area contributed by atoms with Gasteiger partial charge >= 0.3 is 0 Å². The van der Waals surface area contributed by atoms with Crippen LogP contribution in [0.5, 0.6) is 5.75 Å². The molecule has 4 nitrogen and oxygen atoms in total. The van der Waals surface area contributed by atoms with Crippen LogP contribution >= 0.6 is 11.8 Å². The highest BCUT2D eigenvalue weighted by atomic mass is 32.2. The van der Waals surface area contributed by atoms with Crippen molar-refractivity contribution in [2.75, 3.05) is 18.8 Å². The Morgan fingerprint density at radius 1 is 1.37 bits per heavy atom. The molecule has 3 N–H and O–H groups in total. The van der Waals surface area contributed by atoms with Gasteiger partial charge in [0.05, 0.1) is 5.75 Å². The zero-order valence-electron chi connectivity index (χ0n) is 10.9. The first-order valence-electron chi connectivity index (χ1n) is 6.61. The van der Waals surface area contributed by atoms with Gasteiger partial charge in [0, 0.05) is 17.4 Å². The minimum absolute atomic E-state index is 0.0341. The van der Waals surface area contributed by atoms with E-state index in [4.69, 9.17) is 0 Å². The summed E-state index contributed by atoms with van der Waals surface area (Å²) in [4.78, 5) is 11.7. The van der Waals surface area contributed by atoms with Crippen molar-refractivity contribution in [3.05, 3.63) is 29.8 Å². The molecule has 1 heterocycles. The van der Waals surface area contributed by atoms with Crippen molar-refractivity contribution in [3.63, 3.8) is 0 Å². The number of hydrogen-bond donors (Lipinski definition) is 3. The summed E-state index contributed by atoms with van der Waals surface area (Å²) in [5.74, 6) is 0.763. The minimum atomic E-state index is 0.0341. The molecule has 1 aromatic carbocycles. The van der Waals surface area contributed by atoms with Gasteiger partial charge in [-0.2, -0.15) is 0 Å². The topological polar surface area (TPSA) is 61.4 Å². The van der Waals surface area contributed by atoms with Crippen molar-refractivity contribution >= 4 is 17.7 Å². The number of aromatic hydroxyl groups is 1. The highest BCUT2D eigenvalue weighted by Crippen LogP contribution is 2.20. The van der Waals surface area contributed by atoms with E-state index in [0.29, 0.717) is 17.5 Å². The van der Waals surface area contributed by atoms with Crippen molar-refractivity contribution in [2.45, 2.75) is 24.6 Å². The van der Waals surface area contributed by atoms with Crippen LogP contribution in [-0.2, 0) is 11.3 Å². The van der Waals surface area contributed by atoms with E-state index >= 15 is 0 Å². The highest BCUT2D eigenvalue weighted by molar-refractivity contribution is 8.00. The lowest BCUT2D eigenvalue weighted by Gasteiger charge is -2.21. The van der Waals surface area contributed by atoms with Gasteiger partial charge in [0.1, 0.15) is 5.75 Å². The molecule has 1 aliphatic heterocycles. The van der Waals surface area contributed by atoms with Crippen LogP contribution in [0.1, 0.15) is 18.4 Å². The molecule has 0 spiro atoms. The summed E-state index contributed by atoms with van der Waals surface area (Å²) in [6, 6.07) is 7.07. The Morgan fingerprint density at radius 3 is 2.84 bits per heavy atom. The number of carbonyl (C=O) groups excluding carboxylic acids is 1. The molecule has 0 bridgehead atoms. The van der Waals surface area contributed by atoms with Gasteiger partial charge in [0.25, 0.3) is 0 Å². The Hall–Kier alpha value is -1.20. The van der Waals surface area contributed by atoms with E-state index in [-0.39, 0.29) is 11.7 Å². The second-order valence-electron chi connectivity index (χ2n) is 4.67. The van der Waals surface area contributed by atoms with Gasteiger partial charge in [-0.1, -0.05) is 18.2 Å². The Bertz CT molecular complexity index is 420. The Kier molecular flexibility index (Phi) is 5.54. The number of benzene rings is 1. The number of carbonyl (C=O) groups is 1. The lowest BCUT2D eigenvalue weighted by Crippen LogP contribution is -2.31. The van der Waals surface area contributed by atoms with E-state index in [1.165, 1.54) is 0 Å². The number of piperidine rings is 1. The molecule has 0 atom stereocenters. The van der Waals surface area contributed by atoms with E-state index in [2.05, 4.69) is 10.6 Å². The molecule has 0 aliphatic carbocycles. The fourth-order valence-corrected chi connectivity index (χ4v) is 3.12. The van der Waals surface area contributed by atoms with E-state index in [1.807, 2.05) is 12.1 Å². The summed E-state index contributed by atoms with van der Waals surface area (Å²) in [6.07, 6.45) is 2.27. The van der Waals surface area contributed by atoms with Crippen LogP contribution < -0.4 is 10.6 Å². The molecule has 1 saturated heterocycles. The number of amides is 1. The molecule has 1 aliphatic rings. The standard InChI is InChI=1S/C14H20N2O2S/c17-13-4-2-1-3-11(13)9-16-14(18)10-19-12-5-7-15-8-6-12/h1-4,12,15,17H,5-10H2,(H,16,18). The first-order chi connectivity index (χ1) is 9.25. The number of nitrogens with one attached hydrogen (secondary N) is 2. The van der Waals surface area contributed by atoms with Crippen LogP contribution in [0.3, 0.4) is 0 Å². The second kappa shape index (κ2) is 7.40. The molecule has 1 aromatic rings. The number of phenolic OH excluding ortho intramolecular Hbond substituents is 1. The van der Waals surface area contributed by atoms with Crippen molar-refractivity contribution < 1.29 is 9.90 Å². The summed E-state index contributed by atoms with van der Waals surface area (Å²) in [6.45, 7) is 2.49. The predicted octanol–water partition coefficient (Wildman–Crippen LogP) is 1.49. The molecule has 104 valence electrons. The molecular weight excluding hydrogens is 260 g/mol. The van der Waals surface area contributed by atoms with Gasteiger partial charge in [-0.25, -0.2) is 0 Å². The monoisotopic (exact) mass is 280 g/mol. The van der Waals surface area contributed by atoms with Gasteiger partial charge in [-0.3, -0.25) is 4.79 Å². The first-order valence-corrected chi connectivity index (χ1v) is 7.66. The third-order valence-electron chi connectivity index (χ3n) is 3.20. The Labute approximate surface area is 118 Å². The number of rotatable bonds is 5. The quantitative estimate of drug-likeness (QED) is 0.765. The van der Waals surface area contributed by atoms with Gasteiger partial charge < -0.3 is 15.7 Å². The van der Waals surface area contributed by atoms with E-state index in [0.717, 1.165) is 31.5 Å². The molecule has 5 heteroatoms. The van der Waals surface area contributed by atoms with Gasteiger partial charge in [0.2, 0.25) is 5.91 Å². The van der Waals surface area contributed by atoms with Crippen molar-refractivity contribution in [1.29, 1.82) is 0 Å². The number of phenols is 1. The maximum Gasteiger partial charge on any atom is 0.230 e. The lowest BCUT2D eigenvalue weighted by molar-refractivity contribution is -0.118. The van der Waals surface area contributed by atoms with Crippen molar-refractivity contribution in [3.8, 4) is 5.75 Å².